The molecule has 0 radical (unpaired) electrons. The van der Waals surface area contributed by atoms with Gasteiger partial charge in [-0.15, -0.1) is 0 Å². The number of halogens is 1. The summed E-state index contributed by atoms with van der Waals surface area (Å²) in [7, 11) is 0. The van der Waals surface area contributed by atoms with E-state index in [1.54, 1.807) is 6.07 Å². The molecule has 0 spiro atoms. The summed E-state index contributed by atoms with van der Waals surface area (Å²) in [6.07, 6.45) is 11.8. The summed E-state index contributed by atoms with van der Waals surface area (Å²) < 4.78 is 12.9. The normalized spacial score (nSPS) is 21.0. The highest BCUT2D eigenvalue weighted by molar-refractivity contribution is 6.30. The molecule has 1 amide bonds. The second kappa shape index (κ2) is 13.7. The molecule has 4 heterocycles. The lowest BCUT2D eigenvalue weighted by atomic mass is 9.83. The Morgan fingerprint density at radius 3 is 2.81 bits per heavy atom. The van der Waals surface area contributed by atoms with Crippen LogP contribution in [-0.2, 0) is 16.0 Å². The predicted octanol–water partition coefficient (Wildman–Crippen LogP) is 5.45. The number of imidazole rings is 1. The molecule has 2 aliphatic rings. The van der Waals surface area contributed by atoms with Crippen LogP contribution in [0.1, 0.15) is 64.6 Å². The van der Waals surface area contributed by atoms with Crippen molar-refractivity contribution in [1.29, 1.82) is 5.41 Å². The number of allylic oxidation sites excluding steroid dienone is 2. The van der Waals surface area contributed by atoms with Crippen LogP contribution in [0.15, 0.2) is 24.4 Å². The number of nitrogens with two attached hydrogens (primary N) is 1. The number of amides is 1. The fourth-order valence-electron chi connectivity index (χ4n) is 6.02. The number of morpholine rings is 1. The molecule has 43 heavy (non-hydrogen) atoms. The molecule has 13 heteroatoms. The van der Waals surface area contributed by atoms with Crippen molar-refractivity contribution >= 4 is 40.7 Å². The third-order valence-electron chi connectivity index (χ3n) is 8.28. The first-order valence-electron chi connectivity index (χ1n) is 14.9. The van der Waals surface area contributed by atoms with Crippen molar-refractivity contribution < 1.29 is 19.4 Å². The minimum absolute atomic E-state index is 0.106. The molecule has 0 unspecified atom stereocenters. The Morgan fingerprint density at radius 2 is 2.07 bits per heavy atom. The van der Waals surface area contributed by atoms with Crippen LogP contribution < -0.4 is 10.6 Å². The maximum atomic E-state index is 11.5. The van der Waals surface area contributed by atoms with Gasteiger partial charge in [-0.2, -0.15) is 4.98 Å². The summed E-state index contributed by atoms with van der Waals surface area (Å²) in [5.41, 5.74) is 6.61. The standard InChI is InChI=1S/C30H39ClN8O4/c1-3-4-5-6-7-21-17-42-13-12-38(21)30-37-26-24(39(30)16-19-10-8-18(2)9-11-19)23(22-14-20(31)15-34-28(22)40)35-27(36-26)25(32)43-29(33)41/h3-4,14-15,18-19,21,32H,5-13,16-17H2,1-2H3,(H2,33,41)(H,34,40)/b4-3-,32-25?/t18-,19-,21-/m1/s1. The van der Waals surface area contributed by atoms with E-state index in [9.17, 15) is 9.90 Å². The Labute approximate surface area is 255 Å². The molecule has 1 aliphatic carbocycles. The molecule has 1 saturated heterocycles. The van der Waals surface area contributed by atoms with Gasteiger partial charge in [0.15, 0.2) is 5.65 Å². The summed E-state index contributed by atoms with van der Waals surface area (Å²) in [6, 6.07) is 1.67. The van der Waals surface area contributed by atoms with Crippen molar-refractivity contribution in [3.8, 4) is 17.1 Å². The quantitative estimate of drug-likeness (QED) is 0.124. The van der Waals surface area contributed by atoms with E-state index >= 15 is 0 Å². The maximum absolute atomic E-state index is 11.5. The zero-order valence-electron chi connectivity index (χ0n) is 24.6. The Bertz CT molecular complexity index is 1500. The second-order valence-electron chi connectivity index (χ2n) is 11.4. The van der Waals surface area contributed by atoms with Gasteiger partial charge in [-0.25, -0.2) is 19.7 Å². The number of rotatable bonds is 9. The van der Waals surface area contributed by atoms with Crippen LogP contribution >= 0.6 is 11.6 Å². The van der Waals surface area contributed by atoms with E-state index < -0.39 is 12.0 Å². The van der Waals surface area contributed by atoms with E-state index in [1.165, 1.54) is 6.20 Å². The van der Waals surface area contributed by atoms with Gasteiger partial charge in [-0.05, 0) is 56.9 Å². The van der Waals surface area contributed by atoms with Gasteiger partial charge in [0.1, 0.15) is 11.2 Å². The molecule has 5 rings (SSSR count). The molecule has 1 aliphatic heterocycles. The average Bonchev–Trinajstić information content (AvgIpc) is 3.35. The second-order valence-corrected chi connectivity index (χ2v) is 11.8. The van der Waals surface area contributed by atoms with Crippen molar-refractivity contribution in [3.05, 3.63) is 35.3 Å². The van der Waals surface area contributed by atoms with Gasteiger partial charge in [0.05, 0.1) is 29.8 Å². The number of carbonyl (C=O) groups is 1. The lowest BCUT2D eigenvalue weighted by molar-refractivity contribution is 0.0896. The number of nitrogens with one attached hydrogen (secondary N) is 1. The topological polar surface area (TPSA) is 165 Å². The number of hydrogen-bond acceptors (Lipinski definition) is 10. The molecule has 1 saturated carbocycles. The Hall–Kier alpha value is -3.77. The van der Waals surface area contributed by atoms with Gasteiger partial charge < -0.3 is 29.8 Å². The van der Waals surface area contributed by atoms with Crippen LogP contribution in [0.2, 0.25) is 5.02 Å². The Morgan fingerprint density at radius 1 is 1.28 bits per heavy atom. The molecule has 2 fully saturated rings. The largest absolute Gasteiger partial charge is 0.493 e. The van der Waals surface area contributed by atoms with Gasteiger partial charge in [0.25, 0.3) is 5.90 Å². The number of fused-ring (bicyclic) bond motifs is 1. The zero-order chi connectivity index (χ0) is 30.5. The van der Waals surface area contributed by atoms with Crippen LogP contribution in [0.4, 0.5) is 10.7 Å². The van der Waals surface area contributed by atoms with Crippen LogP contribution in [0.5, 0.6) is 5.88 Å². The van der Waals surface area contributed by atoms with E-state index in [2.05, 4.69) is 43.5 Å². The maximum Gasteiger partial charge on any atom is 0.411 e. The van der Waals surface area contributed by atoms with Crippen LogP contribution in [0.25, 0.3) is 22.4 Å². The van der Waals surface area contributed by atoms with Crippen LogP contribution in [0.3, 0.4) is 0 Å². The summed E-state index contributed by atoms with van der Waals surface area (Å²) >= 11 is 6.32. The number of nitrogens with zero attached hydrogens (tertiary/aromatic N) is 6. The Balaban J connectivity index is 1.69. The summed E-state index contributed by atoms with van der Waals surface area (Å²) in [5.74, 6) is 0.730. The number of unbranched alkanes of at least 4 members (excludes halogenated alkanes) is 1. The molecule has 12 nitrogen and oxygen atoms in total. The van der Waals surface area contributed by atoms with Gasteiger partial charge >= 0.3 is 6.09 Å². The van der Waals surface area contributed by atoms with Crippen molar-refractivity contribution in [2.24, 2.45) is 17.6 Å². The number of aromatic hydroxyl groups is 1. The van der Waals surface area contributed by atoms with E-state index in [4.69, 9.17) is 37.2 Å². The number of carbonyl (C=O) groups excluding carboxylic acids is 1. The van der Waals surface area contributed by atoms with Gasteiger partial charge in [-0.1, -0.05) is 43.5 Å². The van der Waals surface area contributed by atoms with Gasteiger partial charge in [-0.3, -0.25) is 5.41 Å². The summed E-state index contributed by atoms with van der Waals surface area (Å²) in [6.45, 7) is 6.81. The average molecular weight is 611 g/mol. The van der Waals surface area contributed by atoms with Crippen molar-refractivity contribution in [3.63, 3.8) is 0 Å². The minimum Gasteiger partial charge on any atom is -0.493 e. The number of anilines is 1. The molecule has 3 aromatic heterocycles. The first-order valence-corrected chi connectivity index (χ1v) is 15.3. The number of primary amides is 1. The first-order chi connectivity index (χ1) is 20.7. The highest BCUT2D eigenvalue weighted by atomic mass is 35.5. The molecule has 3 aromatic rings. The highest BCUT2D eigenvalue weighted by Gasteiger charge is 2.32. The summed E-state index contributed by atoms with van der Waals surface area (Å²) in [5, 5.41) is 19.4. The molecule has 0 aromatic carbocycles. The smallest absolute Gasteiger partial charge is 0.411 e. The lowest BCUT2D eigenvalue weighted by Crippen LogP contribution is -2.47. The van der Waals surface area contributed by atoms with Gasteiger partial charge in [0.2, 0.25) is 17.7 Å². The minimum atomic E-state index is -1.16. The summed E-state index contributed by atoms with van der Waals surface area (Å²) in [4.78, 5) is 32.0. The first kappa shape index (κ1) is 30.7. The lowest BCUT2D eigenvalue weighted by Gasteiger charge is -2.37. The number of ether oxygens (including phenoxy) is 2. The van der Waals surface area contributed by atoms with Crippen molar-refractivity contribution in [1.82, 2.24) is 24.5 Å². The molecule has 4 N–H and O–H groups in total. The van der Waals surface area contributed by atoms with Crippen molar-refractivity contribution in [2.75, 3.05) is 24.7 Å². The number of aromatic nitrogens is 5. The van der Waals surface area contributed by atoms with Gasteiger partial charge in [0, 0.05) is 19.3 Å². The fourth-order valence-corrected chi connectivity index (χ4v) is 6.18. The molecule has 0 bridgehead atoms. The van der Waals surface area contributed by atoms with Crippen molar-refractivity contribution in [2.45, 2.75) is 71.4 Å². The van der Waals surface area contributed by atoms with E-state index in [0.717, 1.165) is 50.9 Å². The van der Waals surface area contributed by atoms with E-state index in [0.29, 0.717) is 54.3 Å². The molecular formula is C30H39ClN8O4. The number of hydrogen-bond donors (Lipinski definition) is 3. The monoisotopic (exact) mass is 610 g/mol. The van der Waals surface area contributed by atoms with Crippen LogP contribution in [0, 0.1) is 17.2 Å². The zero-order valence-corrected chi connectivity index (χ0v) is 25.4. The predicted molar refractivity (Wildman–Crippen MR) is 164 cm³/mol. The molecule has 1 atom stereocenters. The SMILES string of the molecule is C/C=C\CCC[C@@H]1COCCN1c1nc2nc(C(=N)OC(N)=O)nc(-c3cc(Cl)cnc3O)c2n1C[C@H]1CC[C@H](C)CC1. The van der Waals surface area contributed by atoms with Crippen LogP contribution in [-0.4, -0.2) is 67.4 Å². The Kier molecular flexibility index (Phi) is 9.76. The third-order valence-corrected chi connectivity index (χ3v) is 8.49. The molecular weight excluding hydrogens is 572 g/mol. The number of pyridine rings is 1. The van der Waals surface area contributed by atoms with E-state index in [-0.39, 0.29) is 29.0 Å². The van der Waals surface area contributed by atoms with E-state index in [1.807, 2.05) is 6.92 Å². The third kappa shape index (κ3) is 7.07. The fraction of sp³-hybridized carbons (Fsp3) is 0.533. The molecule has 230 valence electrons. The highest BCUT2D eigenvalue weighted by Crippen LogP contribution is 2.38.